The van der Waals surface area contributed by atoms with E-state index in [1.165, 1.54) is 4.90 Å². The van der Waals surface area contributed by atoms with Gasteiger partial charge >= 0.3 is 5.97 Å². The van der Waals surface area contributed by atoms with Crippen molar-refractivity contribution in [3.8, 4) is 0 Å². The maximum Gasteiger partial charge on any atom is 0.323 e. The van der Waals surface area contributed by atoms with E-state index in [1.807, 2.05) is 30.3 Å². The van der Waals surface area contributed by atoms with E-state index in [0.29, 0.717) is 6.42 Å². The monoisotopic (exact) mass is 262 g/mol. The van der Waals surface area contributed by atoms with E-state index in [9.17, 15) is 9.59 Å². The quantitative estimate of drug-likeness (QED) is 0.787. The number of carboxylic acid groups (broad SMARTS) is 1. The molecule has 0 spiro atoms. The molecule has 1 atom stereocenters. The summed E-state index contributed by atoms with van der Waals surface area (Å²) in [5.74, 6) is -1.26. The van der Waals surface area contributed by atoms with Crippen molar-refractivity contribution in [2.45, 2.75) is 31.3 Å². The molecule has 0 bridgehead atoms. The van der Waals surface area contributed by atoms with E-state index in [2.05, 4.69) is 0 Å². The Morgan fingerprint density at radius 2 is 1.95 bits per heavy atom. The van der Waals surface area contributed by atoms with Gasteiger partial charge in [-0.3, -0.25) is 9.59 Å². The fourth-order valence-electron chi connectivity index (χ4n) is 2.09. The number of hydrogen-bond donors (Lipinski definition) is 2. The average molecular weight is 262 g/mol. The second-order valence-electron chi connectivity index (χ2n) is 4.89. The maximum absolute atomic E-state index is 12.2. The van der Waals surface area contributed by atoms with Crippen LogP contribution in [0.25, 0.3) is 0 Å². The number of benzene rings is 1. The molecule has 1 aromatic carbocycles. The van der Waals surface area contributed by atoms with Crippen LogP contribution >= 0.6 is 0 Å². The zero-order valence-corrected chi connectivity index (χ0v) is 10.7. The smallest absolute Gasteiger partial charge is 0.323 e. The van der Waals surface area contributed by atoms with Gasteiger partial charge in [0.1, 0.15) is 6.54 Å². The molecule has 1 aliphatic carbocycles. The molecule has 2 rings (SSSR count). The second-order valence-corrected chi connectivity index (χ2v) is 4.89. The summed E-state index contributed by atoms with van der Waals surface area (Å²) in [5.41, 5.74) is 6.89. The number of carbonyl (C=O) groups excluding carboxylic acids is 1. The highest BCUT2D eigenvalue weighted by atomic mass is 16.4. The Balaban J connectivity index is 1.98. The van der Waals surface area contributed by atoms with Gasteiger partial charge in [0.15, 0.2) is 0 Å². The molecule has 0 saturated heterocycles. The molecule has 5 heteroatoms. The Hall–Kier alpha value is -1.88. The van der Waals surface area contributed by atoms with E-state index >= 15 is 0 Å². The molecule has 102 valence electrons. The molecule has 0 unspecified atom stereocenters. The standard InChI is InChI=1S/C14H18N2O3/c15-12(8-10-4-2-1-3-5-10)14(19)16(9-13(17)18)11-6-7-11/h1-5,11-12H,6-9,15H2,(H,17,18)/t12-/m1/s1. The lowest BCUT2D eigenvalue weighted by Crippen LogP contribution is -2.47. The first-order valence-electron chi connectivity index (χ1n) is 6.39. The molecule has 0 aliphatic heterocycles. The average Bonchev–Trinajstić information content (AvgIpc) is 3.20. The third-order valence-corrected chi connectivity index (χ3v) is 3.19. The van der Waals surface area contributed by atoms with E-state index in [0.717, 1.165) is 18.4 Å². The molecule has 1 amide bonds. The largest absolute Gasteiger partial charge is 0.480 e. The summed E-state index contributed by atoms with van der Waals surface area (Å²) in [6, 6.07) is 8.88. The van der Waals surface area contributed by atoms with Crippen molar-refractivity contribution in [1.29, 1.82) is 0 Å². The van der Waals surface area contributed by atoms with Crippen LogP contribution in [0.5, 0.6) is 0 Å². The van der Waals surface area contributed by atoms with Gasteiger partial charge in [0.05, 0.1) is 6.04 Å². The first kappa shape index (κ1) is 13.5. The number of amides is 1. The first-order valence-corrected chi connectivity index (χ1v) is 6.39. The summed E-state index contributed by atoms with van der Waals surface area (Å²) in [6.07, 6.45) is 2.18. The topological polar surface area (TPSA) is 83.6 Å². The minimum Gasteiger partial charge on any atom is -0.480 e. The fraction of sp³-hybridized carbons (Fsp3) is 0.429. The van der Waals surface area contributed by atoms with Crippen LogP contribution in [-0.2, 0) is 16.0 Å². The SMILES string of the molecule is N[C@H](Cc1ccccc1)C(=O)N(CC(=O)O)C1CC1. The highest BCUT2D eigenvalue weighted by Crippen LogP contribution is 2.27. The lowest BCUT2D eigenvalue weighted by atomic mass is 10.1. The summed E-state index contributed by atoms with van der Waals surface area (Å²) in [7, 11) is 0. The molecular formula is C14H18N2O3. The zero-order valence-electron chi connectivity index (χ0n) is 10.7. The predicted octanol–water partition coefficient (Wildman–Crippen LogP) is 0.632. The van der Waals surface area contributed by atoms with Crippen LogP contribution in [0.4, 0.5) is 0 Å². The van der Waals surface area contributed by atoms with E-state index in [4.69, 9.17) is 10.8 Å². The van der Waals surface area contributed by atoms with Gasteiger partial charge < -0.3 is 15.7 Å². The zero-order chi connectivity index (χ0) is 13.8. The first-order chi connectivity index (χ1) is 9.08. The van der Waals surface area contributed by atoms with E-state index < -0.39 is 12.0 Å². The van der Waals surface area contributed by atoms with Crippen LogP contribution in [0.15, 0.2) is 30.3 Å². The molecule has 0 heterocycles. The van der Waals surface area contributed by atoms with Gasteiger partial charge in [-0.15, -0.1) is 0 Å². The van der Waals surface area contributed by atoms with Crippen LogP contribution in [0.1, 0.15) is 18.4 Å². The van der Waals surface area contributed by atoms with Crippen molar-refractivity contribution in [2.75, 3.05) is 6.54 Å². The minimum absolute atomic E-state index is 0.0606. The lowest BCUT2D eigenvalue weighted by Gasteiger charge is -2.24. The molecule has 0 radical (unpaired) electrons. The van der Waals surface area contributed by atoms with Gasteiger partial charge in [0, 0.05) is 6.04 Å². The summed E-state index contributed by atoms with van der Waals surface area (Å²) in [5, 5.41) is 8.85. The van der Waals surface area contributed by atoms with Gasteiger partial charge in [-0.2, -0.15) is 0 Å². The lowest BCUT2D eigenvalue weighted by molar-refractivity contribution is -0.145. The Labute approximate surface area is 112 Å². The number of carboxylic acids is 1. The maximum atomic E-state index is 12.2. The number of nitrogens with zero attached hydrogens (tertiary/aromatic N) is 1. The van der Waals surface area contributed by atoms with E-state index in [-0.39, 0.29) is 18.5 Å². The van der Waals surface area contributed by atoms with Crippen molar-refractivity contribution >= 4 is 11.9 Å². The Morgan fingerprint density at radius 1 is 1.32 bits per heavy atom. The van der Waals surface area contributed by atoms with Crippen LogP contribution in [0.3, 0.4) is 0 Å². The Morgan fingerprint density at radius 3 is 2.47 bits per heavy atom. The number of carbonyl (C=O) groups is 2. The van der Waals surface area contributed by atoms with Crippen molar-refractivity contribution in [2.24, 2.45) is 5.73 Å². The molecule has 0 aromatic heterocycles. The van der Waals surface area contributed by atoms with Crippen LogP contribution in [0.2, 0.25) is 0 Å². The number of rotatable bonds is 6. The number of hydrogen-bond acceptors (Lipinski definition) is 3. The van der Waals surface area contributed by atoms with Crippen LogP contribution in [-0.4, -0.2) is 40.5 Å². The van der Waals surface area contributed by atoms with Crippen molar-refractivity contribution in [3.63, 3.8) is 0 Å². The van der Waals surface area contributed by atoms with Crippen LogP contribution in [0, 0.1) is 0 Å². The molecule has 1 saturated carbocycles. The molecule has 1 aromatic rings. The summed E-state index contributed by atoms with van der Waals surface area (Å²) in [6.45, 7) is -0.258. The third kappa shape index (κ3) is 3.79. The molecule has 5 nitrogen and oxygen atoms in total. The molecule has 3 N–H and O–H groups in total. The van der Waals surface area contributed by atoms with Gasteiger partial charge in [0.2, 0.25) is 5.91 Å². The van der Waals surface area contributed by atoms with Crippen LogP contribution < -0.4 is 5.73 Å². The second kappa shape index (κ2) is 5.84. The summed E-state index contributed by atoms with van der Waals surface area (Å²) < 4.78 is 0. The Kier molecular flexibility index (Phi) is 4.16. The summed E-state index contributed by atoms with van der Waals surface area (Å²) in [4.78, 5) is 24.4. The van der Waals surface area contributed by atoms with Gasteiger partial charge in [-0.05, 0) is 24.8 Å². The predicted molar refractivity (Wildman–Crippen MR) is 70.5 cm³/mol. The number of aliphatic carboxylic acids is 1. The van der Waals surface area contributed by atoms with Crippen molar-refractivity contribution in [1.82, 2.24) is 4.90 Å². The fourth-order valence-corrected chi connectivity index (χ4v) is 2.09. The van der Waals surface area contributed by atoms with Gasteiger partial charge in [-0.25, -0.2) is 0 Å². The van der Waals surface area contributed by atoms with Crippen molar-refractivity contribution in [3.05, 3.63) is 35.9 Å². The Bertz CT molecular complexity index is 457. The van der Waals surface area contributed by atoms with Crippen molar-refractivity contribution < 1.29 is 14.7 Å². The van der Waals surface area contributed by atoms with E-state index in [1.54, 1.807) is 0 Å². The van der Waals surface area contributed by atoms with Gasteiger partial charge in [0.25, 0.3) is 0 Å². The number of nitrogens with two attached hydrogens (primary N) is 1. The molecule has 1 aliphatic rings. The molecule has 19 heavy (non-hydrogen) atoms. The third-order valence-electron chi connectivity index (χ3n) is 3.19. The summed E-state index contributed by atoms with van der Waals surface area (Å²) >= 11 is 0. The van der Waals surface area contributed by atoms with Gasteiger partial charge in [-0.1, -0.05) is 30.3 Å². The molecule has 1 fully saturated rings. The highest BCUT2D eigenvalue weighted by molar-refractivity contribution is 5.86. The minimum atomic E-state index is -0.993. The highest BCUT2D eigenvalue weighted by Gasteiger charge is 2.35. The molecular weight excluding hydrogens is 244 g/mol. The normalized spacial score (nSPS) is 15.8.